The Kier molecular flexibility index (Phi) is 12.9. The molecule has 0 spiro atoms. The maximum Gasteiger partial charge on any atom is 0.182 e. The van der Waals surface area contributed by atoms with Crippen LogP contribution in [0.25, 0.3) is 67.4 Å². The van der Waals surface area contributed by atoms with Crippen molar-refractivity contribution in [3.63, 3.8) is 0 Å². The Morgan fingerprint density at radius 2 is 0.938 bits per heavy atom. The summed E-state index contributed by atoms with van der Waals surface area (Å²) >= 11 is 6.95. The van der Waals surface area contributed by atoms with Crippen LogP contribution in [0.15, 0.2) is 102 Å². The van der Waals surface area contributed by atoms with E-state index in [4.69, 9.17) is 21.8 Å². The number of aromatic nitrogens is 10. The van der Waals surface area contributed by atoms with Crippen LogP contribution in [0.4, 0.5) is 0 Å². The van der Waals surface area contributed by atoms with E-state index in [0.717, 1.165) is 106 Å². The van der Waals surface area contributed by atoms with Crippen LogP contribution in [-0.4, -0.2) is 163 Å². The Labute approximate surface area is 384 Å². The number of halogens is 1. The highest BCUT2D eigenvalue weighted by Gasteiger charge is 2.29. The molecule has 0 amide bonds. The van der Waals surface area contributed by atoms with Crippen molar-refractivity contribution in [2.75, 3.05) is 85.8 Å². The van der Waals surface area contributed by atoms with Crippen LogP contribution >= 0.6 is 11.6 Å². The molecular weight excluding hydrogens is 860 g/mol. The van der Waals surface area contributed by atoms with Gasteiger partial charge in [0.1, 0.15) is 27.7 Å². The maximum absolute atomic E-state index is 13.2. The van der Waals surface area contributed by atoms with Crippen LogP contribution in [0, 0.1) is 0 Å². The van der Waals surface area contributed by atoms with E-state index in [0.29, 0.717) is 45.2 Å². The number of likely N-dealkylation sites (N-methyl/N-ethyl adjacent to an activating group) is 2. The molecule has 16 nitrogen and oxygen atoms in total. The predicted octanol–water partition coefficient (Wildman–Crippen LogP) is 5.55. The Balaban J connectivity index is 0.000000165. The molecule has 2 aliphatic heterocycles. The Morgan fingerprint density at radius 1 is 0.508 bits per heavy atom. The Morgan fingerprint density at radius 3 is 1.38 bits per heavy atom. The summed E-state index contributed by atoms with van der Waals surface area (Å²) in [5.74, 6) is 0. The molecule has 0 aliphatic carbocycles. The van der Waals surface area contributed by atoms with Crippen molar-refractivity contribution in [3.8, 4) is 45.3 Å². The number of rotatable bonds is 11. The van der Waals surface area contributed by atoms with Crippen molar-refractivity contribution in [3.05, 3.63) is 102 Å². The zero-order valence-corrected chi connectivity index (χ0v) is 39.2. The lowest BCUT2D eigenvalue weighted by molar-refractivity contribution is 0.149. The van der Waals surface area contributed by atoms with Gasteiger partial charge in [-0.15, -0.1) is 20.4 Å². The second-order valence-corrected chi connectivity index (χ2v) is 19.4. The average Bonchev–Trinajstić information content (AvgIpc) is 4.11. The van der Waals surface area contributed by atoms with Gasteiger partial charge in [-0.05, 0) is 38.4 Å². The summed E-state index contributed by atoms with van der Waals surface area (Å²) in [6, 6.07) is 27.2. The Hall–Kier alpha value is -5.82. The summed E-state index contributed by atoms with van der Waals surface area (Å²) in [7, 11) is 4.61. The van der Waals surface area contributed by atoms with Crippen molar-refractivity contribution < 1.29 is 8.42 Å². The number of fused-ring (bicyclic) bond motifs is 2. The molecule has 18 heteroatoms. The minimum absolute atomic E-state index is 0.172. The third-order valence-electron chi connectivity index (χ3n) is 12.5. The second-order valence-electron chi connectivity index (χ2n) is 17.1. The first-order valence-electron chi connectivity index (χ1n) is 22.0. The third kappa shape index (κ3) is 9.34. The SMILES string of the molecule is CN1CCN(CCn2nc(-c3cccn3C)c3c(Cl)c(-c4ccccc4)nnc32)CC1.CN1CCN(CCn2nc(-c3cccn3C)c3c(S(C)(=O)=O)c(-c4ccccc4)nnc32)CC1. The van der Waals surface area contributed by atoms with Crippen LogP contribution in [0.2, 0.25) is 5.02 Å². The van der Waals surface area contributed by atoms with Crippen LogP contribution in [0.3, 0.4) is 0 Å². The third-order valence-corrected chi connectivity index (χ3v) is 14.0. The van der Waals surface area contributed by atoms with E-state index in [1.54, 1.807) is 0 Å². The normalized spacial score (nSPS) is 15.8. The van der Waals surface area contributed by atoms with E-state index in [2.05, 4.69) is 64.7 Å². The number of nitrogens with zero attached hydrogens (tertiary/aromatic N) is 14. The van der Waals surface area contributed by atoms with E-state index in [1.165, 1.54) is 6.26 Å². The molecule has 10 rings (SSSR count). The molecule has 2 aliphatic rings. The van der Waals surface area contributed by atoms with E-state index in [1.807, 2.05) is 119 Å². The van der Waals surface area contributed by atoms with E-state index in [-0.39, 0.29) is 4.90 Å². The number of sulfone groups is 1. The molecule has 338 valence electrons. The van der Waals surface area contributed by atoms with Crippen molar-refractivity contribution >= 4 is 43.5 Å². The largest absolute Gasteiger partial charge is 0.349 e. The van der Waals surface area contributed by atoms with Crippen molar-refractivity contribution in [1.29, 1.82) is 0 Å². The molecule has 0 bridgehead atoms. The summed E-state index contributed by atoms with van der Waals surface area (Å²) < 4.78 is 34.1. The summed E-state index contributed by atoms with van der Waals surface area (Å²) in [5.41, 5.74) is 7.21. The summed E-state index contributed by atoms with van der Waals surface area (Å²) in [5, 5.41) is 29.8. The lowest BCUT2D eigenvalue weighted by Gasteiger charge is -2.32. The van der Waals surface area contributed by atoms with Gasteiger partial charge in [0, 0.05) is 109 Å². The van der Waals surface area contributed by atoms with Gasteiger partial charge in [0.05, 0.1) is 40.3 Å². The van der Waals surface area contributed by atoms with Crippen molar-refractivity contribution in [1.82, 2.24) is 68.7 Å². The first-order chi connectivity index (χ1) is 31.4. The topological polar surface area (TPSA) is 144 Å². The van der Waals surface area contributed by atoms with Gasteiger partial charge < -0.3 is 18.9 Å². The quantitative estimate of drug-likeness (QED) is 0.161. The van der Waals surface area contributed by atoms with E-state index in [9.17, 15) is 8.42 Å². The van der Waals surface area contributed by atoms with Gasteiger partial charge in [0.15, 0.2) is 21.1 Å². The average molecular weight is 916 g/mol. The van der Waals surface area contributed by atoms with E-state index >= 15 is 0 Å². The molecular formula is C47H55ClN14O2S. The lowest BCUT2D eigenvalue weighted by Crippen LogP contribution is -2.45. The minimum atomic E-state index is -3.64. The van der Waals surface area contributed by atoms with Gasteiger partial charge in [0.25, 0.3) is 0 Å². The molecule has 65 heavy (non-hydrogen) atoms. The van der Waals surface area contributed by atoms with Crippen molar-refractivity contribution in [2.24, 2.45) is 14.1 Å². The molecule has 2 fully saturated rings. The van der Waals surface area contributed by atoms with E-state index < -0.39 is 9.84 Å². The van der Waals surface area contributed by atoms with Gasteiger partial charge >= 0.3 is 0 Å². The molecule has 2 aromatic carbocycles. The summed E-state index contributed by atoms with van der Waals surface area (Å²) in [6.07, 6.45) is 5.18. The van der Waals surface area contributed by atoms with Gasteiger partial charge in [0.2, 0.25) is 0 Å². The fourth-order valence-electron chi connectivity index (χ4n) is 8.67. The molecule has 0 radical (unpaired) electrons. The van der Waals surface area contributed by atoms with Gasteiger partial charge in [-0.1, -0.05) is 72.3 Å². The molecule has 0 N–H and O–H groups in total. The second kappa shape index (κ2) is 19.0. The van der Waals surface area contributed by atoms with Crippen LogP contribution < -0.4 is 0 Å². The molecule has 0 saturated carbocycles. The number of aryl methyl sites for hydroxylation is 2. The van der Waals surface area contributed by atoms with Crippen molar-refractivity contribution in [2.45, 2.75) is 18.0 Å². The highest BCUT2D eigenvalue weighted by atomic mass is 35.5. The first kappa shape index (κ1) is 44.4. The molecule has 6 aromatic heterocycles. The highest BCUT2D eigenvalue weighted by molar-refractivity contribution is 7.91. The highest BCUT2D eigenvalue weighted by Crippen LogP contribution is 2.39. The molecule has 0 unspecified atom stereocenters. The molecule has 8 heterocycles. The number of hydrogen-bond donors (Lipinski definition) is 0. The zero-order valence-electron chi connectivity index (χ0n) is 37.6. The smallest absolute Gasteiger partial charge is 0.182 e. The first-order valence-corrected chi connectivity index (χ1v) is 24.3. The Bertz CT molecular complexity index is 3020. The zero-order chi connectivity index (χ0) is 45.2. The monoisotopic (exact) mass is 914 g/mol. The van der Waals surface area contributed by atoms with Gasteiger partial charge in [-0.25, -0.2) is 17.8 Å². The molecule has 0 atom stereocenters. The standard InChI is InChI=1S/C24H29N7O2S.C23H26ClN7/c1-28-12-14-30(15-13-28)16-17-31-24-20(22(27-31)19-10-7-11-29(19)2)23(34(3,32)33)21(25-26-24)18-8-5-4-6-9-18;1-28-11-13-30(14-12-28)15-16-31-23-19(22(27-31)18-9-6-10-29(18)2)20(24)21(25-26-23)17-7-4-3-5-8-17/h4-11H,12-17H2,1-3H3;3-10H,11-16H2,1-2H3. The van der Waals surface area contributed by atoms with Crippen LogP contribution in [-0.2, 0) is 37.0 Å². The van der Waals surface area contributed by atoms with Gasteiger partial charge in [-0.3, -0.25) is 9.80 Å². The van der Waals surface area contributed by atoms with Crippen LogP contribution in [0.1, 0.15) is 0 Å². The van der Waals surface area contributed by atoms with Gasteiger partial charge in [-0.2, -0.15) is 10.2 Å². The number of benzene rings is 2. The minimum Gasteiger partial charge on any atom is -0.349 e. The number of piperazine rings is 2. The maximum atomic E-state index is 13.2. The molecule has 2 saturated heterocycles. The number of hydrogen-bond acceptors (Lipinski definition) is 12. The van der Waals surface area contributed by atoms with Crippen LogP contribution in [0.5, 0.6) is 0 Å². The fourth-order valence-corrected chi connectivity index (χ4v) is 10.1. The summed E-state index contributed by atoms with van der Waals surface area (Å²) in [6.45, 7) is 11.5. The fraction of sp³-hybridized carbons (Fsp3) is 0.362. The summed E-state index contributed by atoms with van der Waals surface area (Å²) in [4.78, 5) is 9.74. The predicted molar refractivity (Wildman–Crippen MR) is 256 cm³/mol. The lowest BCUT2D eigenvalue weighted by atomic mass is 10.1. The molecule has 8 aromatic rings.